The molecule has 2 aliphatic rings. The zero-order valence-corrected chi connectivity index (χ0v) is 11.0. The summed E-state index contributed by atoms with van der Waals surface area (Å²) in [5.74, 6) is 0.732. The summed E-state index contributed by atoms with van der Waals surface area (Å²) in [5, 5.41) is 0. The maximum atomic E-state index is 11.5. The molecule has 0 aromatic carbocycles. The van der Waals surface area contributed by atoms with Crippen LogP contribution < -0.4 is 0 Å². The molecule has 1 saturated carbocycles. The molecule has 16 heavy (non-hydrogen) atoms. The fourth-order valence-electron chi connectivity index (χ4n) is 3.13. The first-order valence-corrected chi connectivity index (χ1v) is 6.75. The Bertz CT molecular complexity index is 262. The van der Waals surface area contributed by atoms with Crippen LogP contribution in [0.5, 0.6) is 0 Å². The van der Waals surface area contributed by atoms with E-state index in [-0.39, 0.29) is 5.92 Å². The molecular formula is C14H25NO. The molecule has 1 aliphatic carbocycles. The molecule has 0 N–H and O–H groups in total. The van der Waals surface area contributed by atoms with E-state index in [9.17, 15) is 4.79 Å². The van der Waals surface area contributed by atoms with Crippen LogP contribution in [-0.4, -0.2) is 29.8 Å². The van der Waals surface area contributed by atoms with E-state index in [2.05, 4.69) is 25.7 Å². The summed E-state index contributed by atoms with van der Waals surface area (Å²) in [7, 11) is 0. The maximum Gasteiger partial charge on any atom is 0.138 e. The average molecular weight is 223 g/mol. The number of hydrogen-bond acceptors (Lipinski definition) is 2. The molecule has 0 aromatic rings. The summed E-state index contributed by atoms with van der Waals surface area (Å²) in [6.45, 7) is 8.86. The van der Waals surface area contributed by atoms with E-state index < -0.39 is 0 Å². The molecule has 1 heterocycles. The first kappa shape index (κ1) is 12.1. The number of Topliss-reactive ketones (excluding diaryl/α,β-unsaturated/α-hetero) is 1. The van der Waals surface area contributed by atoms with E-state index >= 15 is 0 Å². The lowest BCUT2D eigenvalue weighted by atomic mass is 9.75. The first-order valence-electron chi connectivity index (χ1n) is 6.75. The van der Waals surface area contributed by atoms with Crippen molar-refractivity contribution in [1.82, 2.24) is 4.90 Å². The Morgan fingerprint density at radius 1 is 1.25 bits per heavy atom. The largest absolute Gasteiger partial charge is 0.299 e. The molecule has 1 unspecified atom stereocenters. The summed E-state index contributed by atoms with van der Waals surface area (Å²) >= 11 is 0. The number of carbonyl (C=O) groups is 1. The van der Waals surface area contributed by atoms with Crippen LogP contribution in [0.4, 0.5) is 0 Å². The standard InChI is InChI=1S/C14H25NO/c1-11-10-15(9-6-13(11)16)12-4-7-14(2,3)8-5-12/h11-12H,4-10H2,1-3H3. The number of carbonyl (C=O) groups excluding carboxylic acids is 1. The van der Waals surface area contributed by atoms with E-state index in [1.54, 1.807) is 0 Å². The number of likely N-dealkylation sites (tertiary alicyclic amines) is 1. The molecule has 2 nitrogen and oxygen atoms in total. The van der Waals surface area contributed by atoms with Gasteiger partial charge in [0.2, 0.25) is 0 Å². The third-order valence-corrected chi connectivity index (χ3v) is 4.53. The van der Waals surface area contributed by atoms with Crippen molar-refractivity contribution < 1.29 is 4.79 Å². The van der Waals surface area contributed by atoms with Crippen LogP contribution in [0.2, 0.25) is 0 Å². The molecule has 0 radical (unpaired) electrons. The second-order valence-corrected chi connectivity index (χ2v) is 6.51. The maximum absolute atomic E-state index is 11.5. The van der Waals surface area contributed by atoms with Gasteiger partial charge in [0.1, 0.15) is 5.78 Å². The van der Waals surface area contributed by atoms with Gasteiger partial charge in [0.25, 0.3) is 0 Å². The Hall–Kier alpha value is -0.370. The van der Waals surface area contributed by atoms with E-state index in [4.69, 9.17) is 0 Å². The quantitative estimate of drug-likeness (QED) is 0.681. The minimum atomic E-state index is 0.267. The van der Waals surface area contributed by atoms with Gasteiger partial charge in [-0.25, -0.2) is 0 Å². The van der Waals surface area contributed by atoms with Gasteiger partial charge in [-0.05, 0) is 31.1 Å². The van der Waals surface area contributed by atoms with E-state index in [0.29, 0.717) is 11.2 Å². The molecule has 1 atom stereocenters. The van der Waals surface area contributed by atoms with Crippen LogP contribution in [0.1, 0.15) is 52.9 Å². The van der Waals surface area contributed by atoms with Gasteiger partial charge in [0.05, 0.1) is 0 Å². The van der Waals surface area contributed by atoms with Gasteiger partial charge in [-0.3, -0.25) is 9.69 Å². The highest BCUT2D eigenvalue weighted by Gasteiger charge is 2.33. The van der Waals surface area contributed by atoms with Gasteiger partial charge in [0.15, 0.2) is 0 Å². The molecule has 2 fully saturated rings. The highest BCUT2D eigenvalue weighted by Crippen LogP contribution is 2.37. The van der Waals surface area contributed by atoms with E-state index in [1.165, 1.54) is 25.7 Å². The summed E-state index contributed by atoms with van der Waals surface area (Å²) in [4.78, 5) is 14.1. The topological polar surface area (TPSA) is 20.3 Å². The fraction of sp³-hybridized carbons (Fsp3) is 0.929. The summed E-state index contributed by atoms with van der Waals surface area (Å²) in [6, 6.07) is 0.753. The summed E-state index contributed by atoms with van der Waals surface area (Å²) in [5.41, 5.74) is 0.549. The molecule has 0 aromatic heterocycles. The first-order chi connectivity index (χ1) is 7.48. The molecule has 0 spiro atoms. The summed E-state index contributed by atoms with van der Waals surface area (Å²) in [6.07, 6.45) is 6.12. The second-order valence-electron chi connectivity index (χ2n) is 6.51. The summed E-state index contributed by atoms with van der Waals surface area (Å²) < 4.78 is 0. The highest BCUT2D eigenvalue weighted by atomic mass is 16.1. The molecule has 2 heteroatoms. The molecule has 92 valence electrons. The van der Waals surface area contributed by atoms with Crippen molar-refractivity contribution in [3.8, 4) is 0 Å². The fourth-order valence-corrected chi connectivity index (χ4v) is 3.13. The molecule has 1 saturated heterocycles. The second kappa shape index (κ2) is 4.48. The lowest BCUT2D eigenvalue weighted by Gasteiger charge is -2.42. The Kier molecular flexibility index (Phi) is 3.39. The van der Waals surface area contributed by atoms with Crippen LogP contribution in [0.3, 0.4) is 0 Å². The van der Waals surface area contributed by atoms with Crippen LogP contribution in [0, 0.1) is 11.3 Å². The van der Waals surface area contributed by atoms with Gasteiger partial charge >= 0.3 is 0 Å². The van der Waals surface area contributed by atoms with Crippen molar-refractivity contribution in [1.29, 1.82) is 0 Å². The minimum Gasteiger partial charge on any atom is -0.299 e. The normalized spacial score (nSPS) is 32.9. The molecule has 0 amide bonds. The van der Waals surface area contributed by atoms with E-state index in [0.717, 1.165) is 25.6 Å². The lowest BCUT2D eigenvalue weighted by molar-refractivity contribution is -0.126. The highest BCUT2D eigenvalue weighted by molar-refractivity contribution is 5.81. The van der Waals surface area contributed by atoms with Gasteiger partial charge < -0.3 is 0 Å². The predicted octanol–water partition coefficient (Wildman–Crippen LogP) is 2.87. The third-order valence-electron chi connectivity index (χ3n) is 4.53. The van der Waals surface area contributed by atoms with E-state index in [1.807, 2.05) is 0 Å². The molecule has 1 aliphatic heterocycles. The number of hydrogen-bond donors (Lipinski definition) is 0. The van der Waals surface area contributed by atoms with Gasteiger partial charge in [-0.2, -0.15) is 0 Å². The van der Waals surface area contributed by atoms with Crippen molar-refractivity contribution in [2.24, 2.45) is 11.3 Å². The molecular weight excluding hydrogens is 198 g/mol. The predicted molar refractivity (Wildman–Crippen MR) is 66.4 cm³/mol. The van der Waals surface area contributed by atoms with Crippen LogP contribution >= 0.6 is 0 Å². The number of nitrogens with zero attached hydrogens (tertiary/aromatic N) is 1. The van der Waals surface area contributed by atoms with Gasteiger partial charge in [0, 0.05) is 31.5 Å². The van der Waals surface area contributed by atoms with Crippen LogP contribution in [0.25, 0.3) is 0 Å². The van der Waals surface area contributed by atoms with Gasteiger partial charge in [-0.15, -0.1) is 0 Å². The Labute approximate surface area is 99.4 Å². The number of piperidine rings is 1. The third kappa shape index (κ3) is 2.65. The Morgan fingerprint density at radius 3 is 2.44 bits per heavy atom. The Morgan fingerprint density at radius 2 is 1.88 bits per heavy atom. The minimum absolute atomic E-state index is 0.267. The molecule has 0 bridgehead atoms. The van der Waals surface area contributed by atoms with Crippen molar-refractivity contribution in [3.63, 3.8) is 0 Å². The van der Waals surface area contributed by atoms with Crippen LogP contribution in [0.15, 0.2) is 0 Å². The lowest BCUT2D eigenvalue weighted by Crippen LogP contribution is -2.47. The van der Waals surface area contributed by atoms with Gasteiger partial charge in [-0.1, -0.05) is 20.8 Å². The number of rotatable bonds is 1. The zero-order valence-electron chi connectivity index (χ0n) is 11.0. The molecule has 2 rings (SSSR count). The smallest absolute Gasteiger partial charge is 0.138 e. The number of ketones is 1. The van der Waals surface area contributed by atoms with Crippen molar-refractivity contribution in [2.75, 3.05) is 13.1 Å². The SMILES string of the molecule is CC1CN(C2CCC(C)(C)CC2)CCC1=O. The van der Waals surface area contributed by atoms with Crippen molar-refractivity contribution in [3.05, 3.63) is 0 Å². The van der Waals surface area contributed by atoms with Crippen LogP contribution in [-0.2, 0) is 4.79 Å². The Balaban J connectivity index is 1.88. The van der Waals surface area contributed by atoms with Crippen molar-refractivity contribution in [2.45, 2.75) is 58.9 Å². The van der Waals surface area contributed by atoms with Crippen molar-refractivity contribution >= 4 is 5.78 Å². The monoisotopic (exact) mass is 223 g/mol. The average Bonchev–Trinajstić information content (AvgIpc) is 2.22. The zero-order chi connectivity index (χ0) is 11.8.